The van der Waals surface area contributed by atoms with E-state index in [4.69, 9.17) is 9.47 Å². The first-order valence-electron chi connectivity index (χ1n) is 9.69. The third-order valence-corrected chi connectivity index (χ3v) is 5.12. The normalized spacial score (nSPS) is 16.2. The second-order valence-corrected chi connectivity index (χ2v) is 7.05. The van der Waals surface area contributed by atoms with E-state index in [2.05, 4.69) is 5.32 Å². The van der Waals surface area contributed by atoms with Crippen LogP contribution in [0.5, 0.6) is 5.75 Å². The summed E-state index contributed by atoms with van der Waals surface area (Å²) < 4.78 is 11.0. The maximum atomic E-state index is 12.6. The summed E-state index contributed by atoms with van der Waals surface area (Å²) in [7, 11) is 1.29. The van der Waals surface area contributed by atoms with Crippen LogP contribution in [0.1, 0.15) is 30.9 Å². The van der Waals surface area contributed by atoms with Crippen molar-refractivity contribution in [3.05, 3.63) is 88.3 Å². The van der Waals surface area contributed by atoms with Crippen molar-refractivity contribution in [1.82, 2.24) is 5.32 Å². The van der Waals surface area contributed by atoms with E-state index in [1.165, 1.54) is 7.11 Å². The molecule has 2 N–H and O–H groups in total. The molecule has 0 amide bonds. The largest absolute Gasteiger partial charge is 0.493 e. The summed E-state index contributed by atoms with van der Waals surface area (Å²) >= 11 is 0. The Kier molecular flexibility index (Phi) is 6.57. The van der Waals surface area contributed by atoms with E-state index < -0.39 is 17.9 Å². The minimum Gasteiger partial charge on any atom is -0.493 e. The Hall–Kier alpha value is -3.54. The van der Waals surface area contributed by atoms with Gasteiger partial charge in [0.25, 0.3) is 0 Å². The van der Waals surface area contributed by atoms with Crippen molar-refractivity contribution in [2.45, 2.75) is 26.2 Å². The highest BCUT2D eigenvalue weighted by Crippen LogP contribution is 2.42. The summed E-state index contributed by atoms with van der Waals surface area (Å²) in [5.41, 5.74) is 3.17. The number of para-hydroxylation sites is 1. The summed E-state index contributed by atoms with van der Waals surface area (Å²) in [6.45, 7) is 3.85. The molecule has 1 aliphatic rings. The van der Waals surface area contributed by atoms with E-state index in [0.29, 0.717) is 35.7 Å². The maximum absolute atomic E-state index is 12.6. The zero-order valence-electron chi connectivity index (χ0n) is 17.3. The molecule has 0 aromatic heterocycles. The van der Waals surface area contributed by atoms with Crippen molar-refractivity contribution in [2.24, 2.45) is 0 Å². The van der Waals surface area contributed by atoms with Crippen molar-refractivity contribution >= 4 is 11.9 Å². The lowest BCUT2D eigenvalue weighted by Crippen LogP contribution is -2.31. The SMILES string of the molecule is COC(=O)C1=C(C)NC(C)=C(C(=O)O)C1c1ccccc1OCCc1ccccc1. The number of esters is 1. The number of nitrogens with one attached hydrogen (secondary N) is 1. The van der Waals surface area contributed by atoms with Crippen LogP contribution in [0.25, 0.3) is 0 Å². The van der Waals surface area contributed by atoms with Crippen molar-refractivity contribution in [2.75, 3.05) is 13.7 Å². The summed E-state index contributed by atoms with van der Waals surface area (Å²) in [5, 5.41) is 12.9. The van der Waals surface area contributed by atoms with Gasteiger partial charge in [-0.25, -0.2) is 9.59 Å². The molecular formula is C24H25NO5. The van der Waals surface area contributed by atoms with Gasteiger partial charge in [0.15, 0.2) is 0 Å². The van der Waals surface area contributed by atoms with Gasteiger partial charge in [0, 0.05) is 23.4 Å². The van der Waals surface area contributed by atoms with Gasteiger partial charge in [0.1, 0.15) is 5.75 Å². The number of dihydropyridines is 1. The smallest absolute Gasteiger partial charge is 0.336 e. The topological polar surface area (TPSA) is 84.9 Å². The van der Waals surface area contributed by atoms with E-state index >= 15 is 0 Å². The van der Waals surface area contributed by atoms with Crippen molar-refractivity contribution in [1.29, 1.82) is 0 Å². The molecule has 0 radical (unpaired) electrons. The van der Waals surface area contributed by atoms with Crippen molar-refractivity contribution in [3.63, 3.8) is 0 Å². The number of carboxylic acid groups (broad SMARTS) is 1. The zero-order chi connectivity index (χ0) is 21.7. The molecule has 0 spiro atoms. The molecule has 0 saturated carbocycles. The molecule has 6 nitrogen and oxygen atoms in total. The van der Waals surface area contributed by atoms with Crippen LogP contribution in [0.4, 0.5) is 0 Å². The summed E-state index contributed by atoms with van der Waals surface area (Å²) in [6, 6.07) is 17.2. The van der Waals surface area contributed by atoms with Crippen LogP contribution >= 0.6 is 0 Å². The Morgan fingerprint density at radius 3 is 2.27 bits per heavy atom. The Morgan fingerprint density at radius 1 is 0.967 bits per heavy atom. The number of rotatable bonds is 7. The van der Waals surface area contributed by atoms with Gasteiger partial charge in [0.2, 0.25) is 0 Å². The van der Waals surface area contributed by atoms with Gasteiger partial charge in [-0.2, -0.15) is 0 Å². The predicted octanol–water partition coefficient (Wildman–Crippen LogP) is 3.80. The molecule has 1 aliphatic heterocycles. The molecule has 0 aliphatic carbocycles. The number of aliphatic carboxylic acids is 1. The first-order chi connectivity index (χ1) is 14.4. The zero-order valence-corrected chi connectivity index (χ0v) is 17.3. The van der Waals surface area contributed by atoms with Gasteiger partial charge < -0.3 is 19.9 Å². The fourth-order valence-corrected chi connectivity index (χ4v) is 3.74. The fourth-order valence-electron chi connectivity index (χ4n) is 3.74. The van der Waals surface area contributed by atoms with Crippen LogP contribution < -0.4 is 10.1 Å². The Labute approximate surface area is 175 Å². The molecule has 156 valence electrons. The lowest BCUT2D eigenvalue weighted by molar-refractivity contribution is -0.136. The highest BCUT2D eigenvalue weighted by Gasteiger charge is 2.38. The van der Waals surface area contributed by atoms with Crippen LogP contribution in [0.2, 0.25) is 0 Å². The Morgan fingerprint density at radius 2 is 1.60 bits per heavy atom. The second kappa shape index (κ2) is 9.31. The molecule has 1 unspecified atom stereocenters. The molecule has 2 aromatic carbocycles. The molecule has 30 heavy (non-hydrogen) atoms. The van der Waals surface area contributed by atoms with E-state index in [9.17, 15) is 14.7 Å². The summed E-state index contributed by atoms with van der Waals surface area (Å²) in [5.74, 6) is -1.93. The third kappa shape index (κ3) is 4.38. The van der Waals surface area contributed by atoms with Gasteiger partial charge in [-0.3, -0.25) is 0 Å². The fraction of sp³-hybridized carbons (Fsp3) is 0.250. The van der Waals surface area contributed by atoms with Crippen LogP contribution in [-0.2, 0) is 20.7 Å². The van der Waals surface area contributed by atoms with Crippen LogP contribution in [0.3, 0.4) is 0 Å². The molecule has 0 bridgehead atoms. The molecule has 2 aromatic rings. The number of ether oxygens (including phenoxy) is 2. The van der Waals surface area contributed by atoms with Gasteiger partial charge >= 0.3 is 11.9 Å². The Balaban J connectivity index is 1.99. The number of hydrogen-bond donors (Lipinski definition) is 2. The minimum absolute atomic E-state index is 0.0973. The predicted molar refractivity (Wildman–Crippen MR) is 113 cm³/mol. The van der Waals surface area contributed by atoms with Gasteiger partial charge in [0.05, 0.1) is 30.8 Å². The molecule has 3 rings (SSSR count). The standard InChI is InChI=1S/C24H25NO5/c1-15-20(23(26)27)22(21(16(2)25-15)24(28)29-3)18-11-7-8-12-19(18)30-14-13-17-9-5-4-6-10-17/h4-12,22,25H,13-14H2,1-3H3,(H,26,27). The number of benzene rings is 2. The van der Waals surface area contributed by atoms with E-state index in [1.54, 1.807) is 32.0 Å². The number of allylic oxidation sites excluding steroid dienone is 2. The Bertz CT molecular complexity index is 1010. The van der Waals surface area contributed by atoms with Crippen molar-refractivity contribution in [3.8, 4) is 5.75 Å². The molecule has 6 heteroatoms. The van der Waals surface area contributed by atoms with Gasteiger partial charge in [-0.1, -0.05) is 48.5 Å². The number of carbonyl (C=O) groups is 2. The first kappa shape index (κ1) is 21.2. The molecular weight excluding hydrogens is 382 g/mol. The average molecular weight is 407 g/mol. The highest BCUT2D eigenvalue weighted by atomic mass is 16.5. The summed E-state index contributed by atoms with van der Waals surface area (Å²) in [6.07, 6.45) is 0.709. The van der Waals surface area contributed by atoms with Gasteiger partial charge in [-0.15, -0.1) is 0 Å². The van der Waals surface area contributed by atoms with E-state index in [-0.39, 0.29) is 11.1 Å². The number of carbonyl (C=O) groups excluding carboxylic acids is 1. The number of hydrogen-bond acceptors (Lipinski definition) is 5. The average Bonchev–Trinajstić information content (AvgIpc) is 2.73. The molecule has 0 saturated heterocycles. The van der Waals surface area contributed by atoms with E-state index in [1.807, 2.05) is 36.4 Å². The van der Waals surface area contributed by atoms with Gasteiger partial charge in [-0.05, 0) is 25.5 Å². The second-order valence-electron chi connectivity index (χ2n) is 7.05. The molecule has 1 heterocycles. The maximum Gasteiger partial charge on any atom is 0.336 e. The third-order valence-electron chi connectivity index (χ3n) is 5.12. The van der Waals surface area contributed by atoms with Crippen LogP contribution in [0, 0.1) is 0 Å². The molecule has 0 fully saturated rings. The first-order valence-corrected chi connectivity index (χ1v) is 9.69. The van der Waals surface area contributed by atoms with E-state index in [0.717, 1.165) is 5.56 Å². The lowest BCUT2D eigenvalue weighted by atomic mass is 9.80. The van der Waals surface area contributed by atoms with Crippen LogP contribution in [0.15, 0.2) is 77.1 Å². The molecule has 1 atom stereocenters. The van der Waals surface area contributed by atoms with Crippen LogP contribution in [-0.4, -0.2) is 30.8 Å². The quantitative estimate of drug-likeness (QED) is 0.679. The number of carboxylic acids is 1. The minimum atomic E-state index is -1.10. The highest BCUT2D eigenvalue weighted by molar-refractivity contribution is 5.99. The lowest BCUT2D eigenvalue weighted by Gasteiger charge is -2.30. The monoisotopic (exact) mass is 407 g/mol. The summed E-state index contributed by atoms with van der Waals surface area (Å²) in [4.78, 5) is 24.7. The van der Waals surface area contributed by atoms with Crippen molar-refractivity contribution < 1.29 is 24.2 Å². The number of methoxy groups -OCH3 is 1.